The summed E-state index contributed by atoms with van der Waals surface area (Å²) < 4.78 is 0. The van der Waals surface area contributed by atoms with E-state index < -0.39 is 0 Å². The first kappa shape index (κ1) is 25.2. The Morgan fingerprint density at radius 2 is 0.609 bits per heavy atom. The topological polar surface area (TPSA) is 0 Å². The van der Waals surface area contributed by atoms with Crippen LogP contribution in [0.25, 0.3) is 0 Å². The molecule has 0 aromatic heterocycles. The maximum Gasteiger partial charge on any atom is -0.0332 e. The molecule has 0 N–H and O–H groups in total. The predicted molar refractivity (Wildman–Crippen MR) is 110 cm³/mol. The molecular weight excluding hydrogens is 276 g/mol. The zero-order chi connectivity index (χ0) is 19.3. The van der Waals surface area contributed by atoms with Gasteiger partial charge in [0.2, 0.25) is 0 Å². The minimum absolute atomic E-state index is 0.500. The summed E-state index contributed by atoms with van der Waals surface area (Å²) in [5.41, 5.74) is 2.02. The van der Waals surface area contributed by atoms with E-state index in [1.165, 1.54) is 19.3 Å². The Morgan fingerprint density at radius 1 is 0.435 bits per heavy atom. The van der Waals surface area contributed by atoms with E-state index in [0.29, 0.717) is 21.7 Å². The van der Waals surface area contributed by atoms with Crippen LogP contribution in [0.4, 0.5) is 0 Å². The van der Waals surface area contributed by atoms with Crippen molar-refractivity contribution in [2.45, 2.75) is 116 Å². The molecule has 0 aliphatic heterocycles. The second kappa shape index (κ2) is 8.91. The van der Waals surface area contributed by atoms with Gasteiger partial charge in [0.15, 0.2) is 0 Å². The van der Waals surface area contributed by atoms with Gasteiger partial charge >= 0.3 is 0 Å². The van der Waals surface area contributed by atoms with E-state index in [2.05, 4.69) is 96.9 Å². The highest BCUT2D eigenvalue weighted by atomic mass is 14.5. The quantitative estimate of drug-likeness (QED) is 0.418. The molecule has 2 atom stereocenters. The molecule has 23 heavy (non-hydrogen) atoms. The molecule has 142 valence electrons. The van der Waals surface area contributed by atoms with E-state index in [9.17, 15) is 0 Å². The minimum Gasteiger partial charge on any atom is -0.0604 e. The second-order valence-electron chi connectivity index (χ2n) is 12.9. The van der Waals surface area contributed by atoms with Crippen molar-refractivity contribution in [3.63, 3.8) is 0 Å². The van der Waals surface area contributed by atoms with Crippen LogP contribution in [0.2, 0.25) is 0 Å². The standard InChI is InChI=1S/C13H26.2C5H12/c1-12(2,3)10-8-7-9-11(10)13(4,5)6;2*1-5(2,3)4/h10-11H,7-9H2,1-6H3;2*1-4H3. The number of rotatable bonds is 0. The zero-order valence-electron chi connectivity index (χ0n) is 19.3. The molecule has 1 aliphatic carbocycles. The molecule has 0 radical (unpaired) electrons. The van der Waals surface area contributed by atoms with Crippen molar-refractivity contribution in [2.24, 2.45) is 33.5 Å². The highest BCUT2D eigenvalue weighted by molar-refractivity contribution is 4.91. The smallest absolute Gasteiger partial charge is 0.0332 e. The monoisotopic (exact) mass is 326 g/mol. The highest BCUT2D eigenvalue weighted by Gasteiger charge is 2.41. The Balaban J connectivity index is 0. The van der Waals surface area contributed by atoms with Gasteiger partial charge in [0.05, 0.1) is 0 Å². The van der Waals surface area contributed by atoms with Gasteiger partial charge in [-0.3, -0.25) is 0 Å². The molecule has 1 fully saturated rings. The van der Waals surface area contributed by atoms with Crippen LogP contribution in [0.5, 0.6) is 0 Å². The molecule has 0 saturated heterocycles. The van der Waals surface area contributed by atoms with Crippen LogP contribution in [0.15, 0.2) is 0 Å². The van der Waals surface area contributed by atoms with Crippen LogP contribution >= 0.6 is 0 Å². The third-order valence-electron chi connectivity index (χ3n) is 3.74. The van der Waals surface area contributed by atoms with Gasteiger partial charge in [0, 0.05) is 0 Å². The first-order valence-electron chi connectivity index (χ1n) is 9.73. The first-order chi connectivity index (χ1) is 9.73. The summed E-state index contributed by atoms with van der Waals surface area (Å²) in [5.74, 6) is 1.87. The zero-order valence-corrected chi connectivity index (χ0v) is 19.3. The lowest BCUT2D eigenvalue weighted by Gasteiger charge is -2.39. The maximum absolute atomic E-state index is 2.40. The lowest BCUT2D eigenvalue weighted by atomic mass is 9.66. The Kier molecular flexibility index (Phi) is 9.78. The number of hydrogen-bond donors (Lipinski definition) is 0. The minimum atomic E-state index is 0.500. The fourth-order valence-corrected chi connectivity index (χ4v) is 3.03. The summed E-state index contributed by atoms with van der Waals surface area (Å²) in [4.78, 5) is 0. The van der Waals surface area contributed by atoms with Crippen molar-refractivity contribution in [1.82, 2.24) is 0 Å². The van der Waals surface area contributed by atoms with Crippen LogP contribution in [0.3, 0.4) is 0 Å². The van der Waals surface area contributed by atoms with E-state index in [0.717, 1.165) is 11.8 Å². The summed E-state index contributed by atoms with van der Waals surface area (Å²) in [7, 11) is 0. The second-order valence-corrected chi connectivity index (χ2v) is 12.9. The molecule has 0 spiro atoms. The lowest BCUT2D eigenvalue weighted by molar-refractivity contribution is 0.0992. The van der Waals surface area contributed by atoms with Crippen LogP contribution in [-0.4, -0.2) is 0 Å². The first-order valence-corrected chi connectivity index (χ1v) is 9.73. The average Bonchev–Trinajstić information content (AvgIpc) is 2.56. The summed E-state index contributed by atoms with van der Waals surface area (Å²) in [6.07, 6.45) is 4.35. The van der Waals surface area contributed by atoms with Crippen LogP contribution in [-0.2, 0) is 0 Å². The van der Waals surface area contributed by atoms with Gasteiger partial charge < -0.3 is 0 Å². The Labute approximate surface area is 150 Å². The van der Waals surface area contributed by atoms with Crippen molar-refractivity contribution in [2.75, 3.05) is 0 Å². The van der Waals surface area contributed by atoms with Crippen LogP contribution < -0.4 is 0 Å². The van der Waals surface area contributed by atoms with Gasteiger partial charge in [-0.05, 0) is 46.3 Å². The third-order valence-corrected chi connectivity index (χ3v) is 3.74. The Morgan fingerprint density at radius 3 is 0.739 bits per heavy atom. The van der Waals surface area contributed by atoms with E-state index in [1.54, 1.807) is 0 Å². The molecule has 2 unspecified atom stereocenters. The van der Waals surface area contributed by atoms with Gasteiger partial charge in [-0.15, -0.1) is 0 Å². The highest BCUT2D eigenvalue weighted by Crippen LogP contribution is 2.50. The Hall–Kier alpha value is 0. The number of hydrogen-bond acceptors (Lipinski definition) is 0. The molecule has 0 nitrogen and oxygen atoms in total. The SMILES string of the molecule is CC(C)(C)C.CC(C)(C)C.CC(C)(C)C1CCCC1C(C)(C)C. The Bertz CT molecular complexity index is 251. The predicted octanol–water partition coefficient (Wildman–Crippen LogP) is 8.60. The van der Waals surface area contributed by atoms with Gasteiger partial charge in [0.25, 0.3) is 0 Å². The summed E-state index contributed by atoms with van der Waals surface area (Å²) in [5, 5.41) is 0. The van der Waals surface area contributed by atoms with Gasteiger partial charge in [-0.2, -0.15) is 0 Å². The summed E-state index contributed by atoms with van der Waals surface area (Å²) in [6.45, 7) is 31.9. The third kappa shape index (κ3) is 18.2. The molecule has 0 heterocycles. The van der Waals surface area contributed by atoms with Crippen molar-refractivity contribution in [3.8, 4) is 0 Å². The fraction of sp³-hybridized carbons (Fsp3) is 1.00. The van der Waals surface area contributed by atoms with Crippen LogP contribution in [0.1, 0.15) is 116 Å². The summed E-state index contributed by atoms with van der Waals surface area (Å²) in [6, 6.07) is 0. The van der Waals surface area contributed by atoms with E-state index in [4.69, 9.17) is 0 Å². The molecular formula is C23H50. The van der Waals surface area contributed by atoms with Crippen molar-refractivity contribution >= 4 is 0 Å². The van der Waals surface area contributed by atoms with Crippen molar-refractivity contribution < 1.29 is 0 Å². The molecule has 0 aromatic carbocycles. The normalized spacial score (nSPS) is 22.7. The van der Waals surface area contributed by atoms with Crippen molar-refractivity contribution in [1.29, 1.82) is 0 Å². The largest absolute Gasteiger partial charge is 0.0604 e. The average molecular weight is 327 g/mol. The van der Waals surface area contributed by atoms with E-state index >= 15 is 0 Å². The van der Waals surface area contributed by atoms with Crippen LogP contribution in [0, 0.1) is 33.5 Å². The van der Waals surface area contributed by atoms with E-state index in [-0.39, 0.29) is 0 Å². The molecule has 1 aliphatic rings. The molecule has 0 heteroatoms. The molecule has 0 aromatic rings. The summed E-state index contributed by atoms with van der Waals surface area (Å²) >= 11 is 0. The lowest BCUT2D eigenvalue weighted by Crippen LogP contribution is -2.32. The molecule has 0 amide bonds. The van der Waals surface area contributed by atoms with Gasteiger partial charge in [0.1, 0.15) is 0 Å². The van der Waals surface area contributed by atoms with Gasteiger partial charge in [-0.25, -0.2) is 0 Å². The maximum atomic E-state index is 2.40. The fourth-order valence-electron chi connectivity index (χ4n) is 3.03. The molecule has 0 bridgehead atoms. The van der Waals surface area contributed by atoms with Crippen molar-refractivity contribution in [3.05, 3.63) is 0 Å². The van der Waals surface area contributed by atoms with E-state index in [1.807, 2.05) is 0 Å². The molecule has 1 saturated carbocycles. The van der Waals surface area contributed by atoms with Gasteiger partial charge in [-0.1, -0.05) is 103 Å². The molecule has 1 rings (SSSR count).